The molecule has 1 aromatic heterocycles. The van der Waals surface area contributed by atoms with E-state index in [1.165, 1.54) is 12.1 Å². The van der Waals surface area contributed by atoms with E-state index >= 15 is 0 Å². The molecule has 1 atom stereocenters. The summed E-state index contributed by atoms with van der Waals surface area (Å²) in [6.45, 7) is 5.49. The van der Waals surface area contributed by atoms with Crippen LogP contribution in [-0.4, -0.2) is 20.8 Å². The lowest BCUT2D eigenvalue weighted by Gasteiger charge is -2.18. The Labute approximate surface area is 138 Å². The van der Waals surface area contributed by atoms with Crippen molar-refractivity contribution in [3.8, 4) is 5.75 Å². The molecule has 118 valence electrons. The van der Waals surface area contributed by atoms with E-state index < -0.39 is 6.04 Å². The Bertz CT molecular complexity index is 713. The second-order valence-electron chi connectivity index (χ2n) is 5.00. The van der Waals surface area contributed by atoms with Gasteiger partial charge in [-0.1, -0.05) is 30.1 Å². The number of phenols is 1. The zero-order valence-electron chi connectivity index (χ0n) is 12.5. The van der Waals surface area contributed by atoms with Crippen LogP contribution < -0.4 is 5.32 Å². The number of nitrogens with zero attached hydrogens (tertiary/aromatic N) is 2. The molecule has 1 unspecified atom stereocenters. The van der Waals surface area contributed by atoms with Crippen molar-refractivity contribution in [3.63, 3.8) is 0 Å². The summed E-state index contributed by atoms with van der Waals surface area (Å²) in [6.07, 6.45) is 0.533. The molecule has 0 aliphatic rings. The average Bonchev–Trinajstić information content (AvgIpc) is 2.72. The molecule has 0 saturated carbocycles. The van der Waals surface area contributed by atoms with Gasteiger partial charge in [0.1, 0.15) is 11.8 Å². The van der Waals surface area contributed by atoms with Gasteiger partial charge in [-0.3, -0.25) is 9.48 Å². The number of amides is 1. The summed E-state index contributed by atoms with van der Waals surface area (Å²) in [7, 11) is 0. The number of anilines is 1. The minimum atomic E-state index is -0.524. The lowest BCUT2D eigenvalue weighted by atomic mass is 10.2. The number of carbonyl (C=O) groups is 1. The third-order valence-electron chi connectivity index (χ3n) is 3.44. The first-order chi connectivity index (χ1) is 10.3. The molecule has 0 aliphatic carbocycles. The van der Waals surface area contributed by atoms with Crippen LogP contribution in [0.5, 0.6) is 5.75 Å². The number of aromatic hydroxyl groups is 1. The van der Waals surface area contributed by atoms with E-state index in [1.807, 2.05) is 13.8 Å². The number of halogens is 2. The summed E-state index contributed by atoms with van der Waals surface area (Å²) in [4.78, 5) is 12.5. The molecule has 2 rings (SSSR count). The molecule has 0 spiro atoms. The standard InChI is InChI=1S/C15H17Cl2N3O2/c1-4-12(20-9(3)14(17)8(2)19-20)15(22)18-11-7-10(16)5-6-13(11)21/h5-7,12,21H,4H2,1-3H3,(H,18,22). The third kappa shape index (κ3) is 3.20. The van der Waals surface area contributed by atoms with Crippen LogP contribution in [-0.2, 0) is 4.79 Å². The number of hydrogen-bond donors (Lipinski definition) is 2. The van der Waals surface area contributed by atoms with Gasteiger partial charge in [-0.05, 0) is 38.5 Å². The summed E-state index contributed by atoms with van der Waals surface area (Å²) in [6, 6.07) is 3.95. The lowest BCUT2D eigenvalue weighted by Crippen LogP contribution is -2.27. The van der Waals surface area contributed by atoms with Crippen LogP contribution in [0.2, 0.25) is 10.0 Å². The summed E-state index contributed by atoms with van der Waals surface area (Å²) < 4.78 is 1.61. The van der Waals surface area contributed by atoms with Gasteiger partial charge >= 0.3 is 0 Å². The molecule has 0 saturated heterocycles. The van der Waals surface area contributed by atoms with Crippen molar-refractivity contribution in [2.24, 2.45) is 0 Å². The van der Waals surface area contributed by atoms with Gasteiger partial charge in [0.25, 0.3) is 0 Å². The van der Waals surface area contributed by atoms with Crippen molar-refractivity contribution in [1.82, 2.24) is 9.78 Å². The number of nitrogens with one attached hydrogen (secondary N) is 1. The summed E-state index contributed by atoms with van der Waals surface area (Å²) in [5.74, 6) is -0.332. The van der Waals surface area contributed by atoms with Crippen LogP contribution in [0.3, 0.4) is 0 Å². The first-order valence-electron chi connectivity index (χ1n) is 6.85. The summed E-state index contributed by atoms with van der Waals surface area (Å²) in [5, 5.41) is 17.8. The maximum Gasteiger partial charge on any atom is 0.249 e. The van der Waals surface area contributed by atoms with Crippen LogP contribution in [0.1, 0.15) is 30.8 Å². The number of rotatable bonds is 4. The smallest absolute Gasteiger partial charge is 0.249 e. The van der Waals surface area contributed by atoms with Crippen LogP contribution in [0.25, 0.3) is 0 Å². The van der Waals surface area contributed by atoms with Gasteiger partial charge in [-0.15, -0.1) is 0 Å². The van der Waals surface area contributed by atoms with E-state index in [0.717, 1.165) is 5.69 Å². The predicted molar refractivity (Wildman–Crippen MR) is 87.8 cm³/mol. The minimum Gasteiger partial charge on any atom is -0.506 e. The molecule has 22 heavy (non-hydrogen) atoms. The van der Waals surface area contributed by atoms with Gasteiger partial charge in [-0.2, -0.15) is 5.10 Å². The van der Waals surface area contributed by atoms with Crippen molar-refractivity contribution in [2.45, 2.75) is 33.2 Å². The fraction of sp³-hybridized carbons (Fsp3) is 0.333. The van der Waals surface area contributed by atoms with Gasteiger partial charge in [0.2, 0.25) is 5.91 Å². The van der Waals surface area contributed by atoms with Gasteiger partial charge in [0.05, 0.1) is 22.1 Å². The molecular weight excluding hydrogens is 325 g/mol. The molecule has 1 amide bonds. The SMILES string of the molecule is CCC(C(=O)Nc1cc(Cl)ccc1O)n1nc(C)c(Cl)c1C. The summed E-state index contributed by atoms with van der Waals surface area (Å²) in [5.41, 5.74) is 1.68. The number of aromatic nitrogens is 2. The first kappa shape index (κ1) is 16.6. The van der Waals surface area contributed by atoms with Crippen LogP contribution >= 0.6 is 23.2 Å². The molecule has 0 fully saturated rings. The van der Waals surface area contributed by atoms with E-state index in [1.54, 1.807) is 17.7 Å². The molecule has 7 heteroatoms. The van der Waals surface area contributed by atoms with Crippen molar-refractivity contribution in [3.05, 3.63) is 39.6 Å². The molecule has 2 N–H and O–H groups in total. The van der Waals surface area contributed by atoms with Crippen LogP contribution in [0.4, 0.5) is 5.69 Å². The number of carbonyl (C=O) groups excluding carboxylic acids is 1. The highest BCUT2D eigenvalue weighted by molar-refractivity contribution is 6.32. The topological polar surface area (TPSA) is 67.2 Å². The van der Waals surface area contributed by atoms with E-state index in [0.29, 0.717) is 22.2 Å². The number of aryl methyl sites for hydroxylation is 1. The highest BCUT2D eigenvalue weighted by Crippen LogP contribution is 2.29. The zero-order chi connectivity index (χ0) is 16.4. The van der Waals surface area contributed by atoms with Gasteiger partial charge in [0.15, 0.2) is 0 Å². The summed E-state index contributed by atoms with van der Waals surface area (Å²) >= 11 is 12.0. The Hall–Kier alpha value is -1.72. The largest absolute Gasteiger partial charge is 0.506 e. The molecule has 1 heterocycles. The van der Waals surface area contributed by atoms with Crippen LogP contribution in [0, 0.1) is 13.8 Å². The monoisotopic (exact) mass is 341 g/mol. The highest BCUT2D eigenvalue weighted by Gasteiger charge is 2.24. The lowest BCUT2D eigenvalue weighted by molar-refractivity contribution is -0.119. The zero-order valence-corrected chi connectivity index (χ0v) is 14.0. The minimum absolute atomic E-state index is 0.0426. The molecule has 0 bridgehead atoms. The van der Waals surface area contributed by atoms with Crippen molar-refractivity contribution in [1.29, 1.82) is 0 Å². The number of hydrogen-bond acceptors (Lipinski definition) is 3. The molecule has 1 aromatic carbocycles. The maximum absolute atomic E-state index is 12.5. The fourth-order valence-corrected chi connectivity index (χ4v) is 2.54. The van der Waals surface area contributed by atoms with Crippen LogP contribution in [0.15, 0.2) is 18.2 Å². The van der Waals surface area contributed by atoms with Crippen molar-refractivity contribution < 1.29 is 9.90 Å². The Balaban J connectivity index is 2.29. The molecule has 2 aromatic rings. The third-order valence-corrected chi connectivity index (χ3v) is 4.22. The van der Waals surface area contributed by atoms with E-state index in [2.05, 4.69) is 10.4 Å². The molecule has 0 aliphatic heterocycles. The molecule has 0 radical (unpaired) electrons. The first-order valence-corrected chi connectivity index (χ1v) is 7.61. The van der Waals surface area contributed by atoms with E-state index in [4.69, 9.17) is 23.2 Å². The van der Waals surface area contributed by atoms with Gasteiger partial charge in [-0.25, -0.2) is 0 Å². The van der Waals surface area contributed by atoms with Gasteiger partial charge in [0, 0.05) is 5.02 Å². The van der Waals surface area contributed by atoms with E-state index in [9.17, 15) is 9.90 Å². The maximum atomic E-state index is 12.5. The average molecular weight is 342 g/mol. The molecular formula is C15H17Cl2N3O2. The van der Waals surface area contributed by atoms with Crippen molar-refractivity contribution in [2.75, 3.05) is 5.32 Å². The Morgan fingerprint density at radius 1 is 1.41 bits per heavy atom. The van der Waals surface area contributed by atoms with Crippen molar-refractivity contribution >= 4 is 34.8 Å². The second-order valence-corrected chi connectivity index (χ2v) is 5.82. The van der Waals surface area contributed by atoms with E-state index in [-0.39, 0.29) is 17.3 Å². The highest BCUT2D eigenvalue weighted by atomic mass is 35.5. The quantitative estimate of drug-likeness (QED) is 0.822. The molecule has 5 nitrogen and oxygen atoms in total. The Morgan fingerprint density at radius 2 is 2.09 bits per heavy atom. The fourth-order valence-electron chi connectivity index (χ4n) is 2.24. The normalized spacial score (nSPS) is 12.2. The number of benzene rings is 1. The predicted octanol–water partition coefficient (Wildman–Crippen LogP) is 4.10. The number of phenolic OH excluding ortho intramolecular Hbond substituents is 1. The Kier molecular flexibility index (Phi) is 4.98. The second kappa shape index (κ2) is 6.58. The van der Waals surface area contributed by atoms with Gasteiger partial charge < -0.3 is 10.4 Å². The Morgan fingerprint density at radius 3 is 2.64 bits per heavy atom.